The lowest BCUT2D eigenvalue weighted by molar-refractivity contribution is 0.224. The van der Waals surface area contributed by atoms with Crippen LogP contribution in [0.1, 0.15) is 55.7 Å². The molecule has 24 heavy (non-hydrogen) atoms. The van der Waals surface area contributed by atoms with Crippen molar-refractivity contribution in [1.29, 1.82) is 0 Å². The number of nitrogens with zero attached hydrogens (tertiary/aromatic N) is 2. The van der Waals surface area contributed by atoms with Crippen molar-refractivity contribution >= 4 is 6.03 Å². The number of carbonyl (C=O) groups is 1. The first-order valence-electron chi connectivity index (χ1n) is 8.75. The highest BCUT2D eigenvalue weighted by Crippen LogP contribution is 2.33. The van der Waals surface area contributed by atoms with Gasteiger partial charge in [0.15, 0.2) is 0 Å². The molecular weight excluding hydrogens is 304 g/mol. The van der Waals surface area contributed by atoms with Crippen LogP contribution in [0.15, 0.2) is 22.7 Å². The molecule has 0 unspecified atom stereocenters. The molecule has 1 fully saturated rings. The van der Waals surface area contributed by atoms with E-state index in [4.69, 9.17) is 4.52 Å². The van der Waals surface area contributed by atoms with E-state index in [-0.39, 0.29) is 12.1 Å². The summed E-state index contributed by atoms with van der Waals surface area (Å²) in [6.07, 6.45) is 6.04. The van der Waals surface area contributed by atoms with Crippen LogP contribution in [0.25, 0.3) is 11.4 Å². The van der Waals surface area contributed by atoms with Crippen LogP contribution in [-0.4, -0.2) is 22.2 Å². The molecule has 0 radical (unpaired) electrons. The number of carbonyl (C=O) groups excluding carboxylic acids is 1. The molecule has 0 bridgehead atoms. The molecule has 4 rings (SSSR count). The standard InChI is InChI=1S/C18H22N4O2/c1-2-16-21-17(22-24-16)12-6-8-14-11(10-12)7-9-15(14)20-18(23)19-13-4-3-5-13/h6,8,10,13,15H,2-5,7,9H2,1H3,(H2,19,20,23)/t15-/m1/s1. The summed E-state index contributed by atoms with van der Waals surface area (Å²) in [4.78, 5) is 16.5. The minimum Gasteiger partial charge on any atom is -0.339 e. The average molecular weight is 326 g/mol. The van der Waals surface area contributed by atoms with Crippen molar-refractivity contribution in [3.05, 3.63) is 35.2 Å². The van der Waals surface area contributed by atoms with Gasteiger partial charge >= 0.3 is 6.03 Å². The van der Waals surface area contributed by atoms with Gasteiger partial charge in [-0.3, -0.25) is 0 Å². The second kappa shape index (κ2) is 6.26. The number of nitrogens with one attached hydrogen (secondary N) is 2. The van der Waals surface area contributed by atoms with Crippen molar-refractivity contribution in [3.8, 4) is 11.4 Å². The van der Waals surface area contributed by atoms with Gasteiger partial charge in [0.05, 0.1) is 6.04 Å². The number of amides is 2. The second-order valence-electron chi connectivity index (χ2n) is 6.62. The van der Waals surface area contributed by atoms with E-state index in [1.54, 1.807) is 0 Å². The van der Waals surface area contributed by atoms with Gasteiger partial charge in [-0.1, -0.05) is 24.2 Å². The average Bonchev–Trinajstić information content (AvgIpc) is 3.18. The van der Waals surface area contributed by atoms with Crippen molar-refractivity contribution in [1.82, 2.24) is 20.8 Å². The summed E-state index contributed by atoms with van der Waals surface area (Å²) in [7, 11) is 0. The summed E-state index contributed by atoms with van der Waals surface area (Å²) >= 11 is 0. The van der Waals surface area contributed by atoms with Crippen LogP contribution in [0.5, 0.6) is 0 Å². The highest BCUT2D eigenvalue weighted by Gasteiger charge is 2.26. The van der Waals surface area contributed by atoms with Gasteiger partial charge in [0.1, 0.15) is 0 Å². The van der Waals surface area contributed by atoms with Gasteiger partial charge < -0.3 is 15.2 Å². The van der Waals surface area contributed by atoms with Crippen LogP contribution in [0.2, 0.25) is 0 Å². The number of hydrogen-bond acceptors (Lipinski definition) is 4. The first-order valence-corrected chi connectivity index (χ1v) is 8.75. The van der Waals surface area contributed by atoms with Crippen molar-refractivity contribution in [3.63, 3.8) is 0 Å². The Morgan fingerprint density at radius 2 is 2.17 bits per heavy atom. The predicted octanol–water partition coefficient (Wildman–Crippen LogP) is 3.14. The van der Waals surface area contributed by atoms with Crippen molar-refractivity contribution in [2.24, 2.45) is 0 Å². The van der Waals surface area contributed by atoms with Gasteiger partial charge in [-0.05, 0) is 49.3 Å². The molecule has 0 aliphatic heterocycles. The Labute approximate surface area is 141 Å². The minimum absolute atomic E-state index is 0.0487. The highest BCUT2D eigenvalue weighted by atomic mass is 16.5. The molecule has 2 aliphatic rings. The zero-order valence-corrected chi connectivity index (χ0v) is 13.8. The Morgan fingerprint density at radius 3 is 2.88 bits per heavy atom. The van der Waals surface area contributed by atoms with Crippen LogP contribution >= 0.6 is 0 Å². The van der Waals surface area contributed by atoms with Gasteiger partial charge in [0.2, 0.25) is 11.7 Å². The molecule has 6 nitrogen and oxygen atoms in total. The number of fused-ring (bicyclic) bond motifs is 1. The van der Waals surface area contributed by atoms with Gasteiger partial charge in [0.25, 0.3) is 0 Å². The Balaban J connectivity index is 1.46. The van der Waals surface area contributed by atoms with Crippen molar-refractivity contribution in [2.45, 2.75) is 57.5 Å². The number of urea groups is 1. The summed E-state index contributed by atoms with van der Waals surface area (Å²) in [5.41, 5.74) is 3.42. The lowest BCUT2D eigenvalue weighted by Gasteiger charge is -2.27. The number of aromatic nitrogens is 2. The van der Waals surface area contributed by atoms with Gasteiger partial charge in [-0.15, -0.1) is 0 Å². The molecule has 2 aliphatic carbocycles. The number of hydrogen-bond donors (Lipinski definition) is 2. The third kappa shape index (κ3) is 2.88. The number of aryl methyl sites for hydroxylation is 2. The maximum Gasteiger partial charge on any atom is 0.315 e. The molecule has 0 saturated heterocycles. The van der Waals surface area contributed by atoms with Crippen molar-refractivity contribution in [2.75, 3.05) is 0 Å². The van der Waals surface area contributed by atoms with E-state index < -0.39 is 0 Å². The largest absolute Gasteiger partial charge is 0.339 e. The summed E-state index contributed by atoms with van der Waals surface area (Å²) in [5, 5.41) is 10.2. The molecule has 0 spiro atoms. The fourth-order valence-electron chi connectivity index (χ4n) is 3.36. The fourth-order valence-corrected chi connectivity index (χ4v) is 3.36. The van der Waals surface area contributed by atoms with Gasteiger partial charge in [-0.25, -0.2) is 4.79 Å². The fraction of sp³-hybridized carbons (Fsp3) is 0.500. The van der Waals surface area contributed by atoms with E-state index in [0.717, 1.165) is 37.7 Å². The smallest absolute Gasteiger partial charge is 0.315 e. The molecule has 1 heterocycles. The van der Waals surface area contributed by atoms with Crippen LogP contribution in [0.3, 0.4) is 0 Å². The number of rotatable bonds is 4. The molecule has 6 heteroatoms. The van der Waals surface area contributed by atoms with E-state index in [9.17, 15) is 4.79 Å². The van der Waals surface area contributed by atoms with E-state index >= 15 is 0 Å². The highest BCUT2D eigenvalue weighted by molar-refractivity contribution is 5.75. The van der Waals surface area contributed by atoms with Crippen LogP contribution in [-0.2, 0) is 12.8 Å². The Bertz CT molecular complexity index is 751. The van der Waals surface area contributed by atoms with E-state index in [0.29, 0.717) is 17.8 Å². The normalized spacial score (nSPS) is 19.6. The van der Waals surface area contributed by atoms with E-state index in [1.165, 1.54) is 17.5 Å². The SMILES string of the molecule is CCc1nc(-c2ccc3c(c2)CC[C@H]3NC(=O)NC2CCC2)no1. The van der Waals surface area contributed by atoms with Crippen LogP contribution < -0.4 is 10.6 Å². The van der Waals surface area contributed by atoms with Crippen LogP contribution in [0, 0.1) is 0 Å². The molecule has 1 aromatic carbocycles. The molecule has 1 aromatic heterocycles. The maximum atomic E-state index is 12.1. The lowest BCUT2D eigenvalue weighted by Crippen LogP contribution is -2.45. The monoisotopic (exact) mass is 326 g/mol. The third-order valence-electron chi connectivity index (χ3n) is 5.00. The predicted molar refractivity (Wildman–Crippen MR) is 89.5 cm³/mol. The molecular formula is C18H22N4O2. The topological polar surface area (TPSA) is 80.0 Å². The molecule has 2 N–H and O–H groups in total. The van der Waals surface area contributed by atoms with Crippen molar-refractivity contribution < 1.29 is 9.32 Å². The molecule has 1 saturated carbocycles. The molecule has 126 valence electrons. The zero-order valence-electron chi connectivity index (χ0n) is 13.8. The summed E-state index contributed by atoms with van der Waals surface area (Å²) < 4.78 is 5.19. The van der Waals surface area contributed by atoms with Gasteiger partial charge in [-0.2, -0.15) is 4.98 Å². The van der Waals surface area contributed by atoms with Gasteiger partial charge in [0, 0.05) is 18.0 Å². The van der Waals surface area contributed by atoms with Crippen LogP contribution in [0.4, 0.5) is 4.79 Å². The maximum absolute atomic E-state index is 12.1. The third-order valence-corrected chi connectivity index (χ3v) is 5.00. The lowest BCUT2D eigenvalue weighted by atomic mass is 9.93. The Hall–Kier alpha value is -2.37. The minimum atomic E-state index is -0.0487. The molecule has 1 atom stereocenters. The quantitative estimate of drug-likeness (QED) is 0.904. The zero-order chi connectivity index (χ0) is 16.5. The molecule has 2 aromatic rings. The first kappa shape index (κ1) is 15.2. The van der Waals surface area contributed by atoms with E-state index in [1.807, 2.05) is 13.0 Å². The summed E-state index contributed by atoms with van der Waals surface area (Å²) in [5.74, 6) is 1.28. The number of benzene rings is 1. The summed E-state index contributed by atoms with van der Waals surface area (Å²) in [6.45, 7) is 1.99. The van der Waals surface area contributed by atoms with E-state index in [2.05, 4.69) is 32.9 Å². The molecule has 2 amide bonds. The summed E-state index contributed by atoms with van der Waals surface area (Å²) in [6, 6.07) is 6.60. The first-order chi connectivity index (χ1) is 11.7. The Kier molecular flexibility index (Phi) is 3.96. The second-order valence-corrected chi connectivity index (χ2v) is 6.62. The Morgan fingerprint density at radius 1 is 1.29 bits per heavy atom.